The molecule has 0 fully saturated rings. The third kappa shape index (κ3) is 4.02. The molecule has 0 aliphatic carbocycles. The normalized spacial score (nSPS) is 13.0. The summed E-state index contributed by atoms with van der Waals surface area (Å²) in [6, 6.07) is 4.08. The molecule has 2 aromatic rings. The molecule has 1 aliphatic rings. The number of halogens is 1. The molecule has 148 valence electrons. The fourth-order valence-corrected chi connectivity index (χ4v) is 3.50. The zero-order chi connectivity index (χ0) is 20.3. The van der Waals surface area contributed by atoms with Crippen LogP contribution < -0.4 is 10.9 Å². The Morgan fingerprint density at radius 2 is 2.25 bits per heavy atom. The minimum atomic E-state index is -0.765. The quantitative estimate of drug-likeness (QED) is 0.615. The second kappa shape index (κ2) is 8.44. The molecule has 8 nitrogen and oxygen atoms in total. The molecule has 10 heteroatoms. The lowest BCUT2D eigenvalue weighted by molar-refractivity contribution is 0.0941. The highest BCUT2D eigenvalue weighted by Gasteiger charge is 2.25. The summed E-state index contributed by atoms with van der Waals surface area (Å²) in [6.07, 6.45) is 0. The Kier molecular flexibility index (Phi) is 6.00. The number of fused-ring (bicyclic) bond motifs is 1. The Balaban J connectivity index is 1.83. The lowest BCUT2D eigenvalue weighted by Crippen LogP contribution is -2.34. The SMILES string of the molecule is C=C1OCCn2c1nc(C(=O)NCc1ccc(F)cc1SCCO)c(O)c2=O. The van der Waals surface area contributed by atoms with Gasteiger partial charge in [0.2, 0.25) is 5.75 Å². The number of aliphatic hydroxyl groups excluding tert-OH is 1. The van der Waals surface area contributed by atoms with Crippen LogP contribution in [0.15, 0.2) is 34.5 Å². The van der Waals surface area contributed by atoms with Crippen molar-refractivity contribution in [3.63, 3.8) is 0 Å². The number of thioether (sulfide) groups is 1. The van der Waals surface area contributed by atoms with Gasteiger partial charge in [-0.05, 0) is 17.7 Å². The van der Waals surface area contributed by atoms with E-state index < -0.39 is 28.7 Å². The first kappa shape index (κ1) is 19.9. The smallest absolute Gasteiger partial charge is 0.297 e. The molecular formula is C18H18FN3O5S. The Bertz CT molecular complexity index is 992. The van der Waals surface area contributed by atoms with Gasteiger partial charge in [0.1, 0.15) is 12.4 Å². The van der Waals surface area contributed by atoms with Gasteiger partial charge in [-0.15, -0.1) is 11.8 Å². The predicted molar refractivity (Wildman–Crippen MR) is 101 cm³/mol. The van der Waals surface area contributed by atoms with Gasteiger partial charge < -0.3 is 20.3 Å². The number of benzene rings is 1. The Morgan fingerprint density at radius 1 is 1.46 bits per heavy atom. The van der Waals surface area contributed by atoms with Crippen LogP contribution in [0.3, 0.4) is 0 Å². The van der Waals surface area contributed by atoms with E-state index in [-0.39, 0.29) is 37.9 Å². The van der Waals surface area contributed by atoms with Gasteiger partial charge in [-0.2, -0.15) is 0 Å². The fourth-order valence-electron chi connectivity index (χ4n) is 2.67. The first-order valence-electron chi connectivity index (χ1n) is 8.38. The van der Waals surface area contributed by atoms with Gasteiger partial charge in [0.25, 0.3) is 11.5 Å². The summed E-state index contributed by atoms with van der Waals surface area (Å²) in [4.78, 5) is 29.4. The maximum atomic E-state index is 13.5. The number of aliphatic hydroxyl groups is 1. The molecular weight excluding hydrogens is 389 g/mol. The molecule has 3 rings (SSSR count). The summed E-state index contributed by atoms with van der Waals surface area (Å²) in [5, 5.41) is 21.6. The minimum absolute atomic E-state index is 0.0177. The van der Waals surface area contributed by atoms with Gasteiger partial charge in [-0.25, -0.2) is 9.37 Å². The summed E-state index contributed by atoms with van der Waals surface area (Å²) in [7, 11) is 0. The van der Waals surface area contributed by atoms with Gasteiger partial charge in [-0.3, -0.25) is 14.2 Å². The van der Waals surface area contributed by atoms with Crippen LogP contribution in [0.2, 0.25) is 0 Å². The van der Waals surface area contributed by atoms with E-state index in [0.29, 0.717) is 16.2 Å². The van der Waals surface area contributed by atoms with Gasteiger partial charge in [0.15, 0.2) is 17.3 Å². The monoisotopic (exact) mass is 407 g/mol. The summed E-state index contributed by atoms with van der Waals surface area (Å²) in [5.41, 5.74) is -0.565. The molecule has 0 radical (unpaired) electrons. The Hall–Kier alpha value is -2.85. The minimum Gasteiger partial charge on any atom is -0.501 e. The zero-order valence-electron chi connectivity index (χ0n) is 14.8. The van der Waals surface area contributed by atoms with E-state index in [1.165, 1.54) is 34.5 Å². The third-order valence-electron chi connectivity index (χ3n) is 4.02. The maximum absolute atomic E-state index is 13.5. The number of aromatic nitrogens is 2. The van der Waals surface area contributed by atoms with Crippen molar-refractivity contribution >= 4 is 23.4 Å². The second-order valence-electron chi connectivity index (χ2n) is 5.87. The van der Waals surface area contributed by atoms with Crippen molar-refractivity contribution in [2.24, 2.45) is 0 Å². The van der Waals surface area contributed by atoms with Crippen molar-refractivity contribution in [3.8, 4) is 5.75 Å². The largest absolute Gasteiger partial charge is 0.501 e. The van der Waals surface area contributed by atoms with E-state index in [0.717, 1.165) is 0 Å². The molecule has 28 heavy (non-hydrogen) atoms. The predicted octanol–water partition coefficient (Wildman–Crippen LogP) is 1.10. The Labute approximate surface area is 163 Å². The van der Waals surface area contributed by atoms with Crippen LogP contribution in [0, 0.1) is 5.82 Å². The average molecular weight is 407 g/mol. The van der Waals surface area contributed by atoms with E-state index in [9.17, 15) is 19.1 Å². The first-order chi connectivity index (χ1) is 13.4. The third-order valence-corrected chi connectivity index (χ3v) is 5.10. The number of nitrogens with one attached hydrogen (secondary N) is 1. The van der Waals surface area contributed by atoms with E-state index in [2.05, 4.69) is 16.9 Å². The number of carbonyl (C=O) groups is 1. The number of aromatic hydroxyl groups is 1. The van der Waals surface area contributed by atoms with Crippen molar-refractivity contribution < 1.29 is 24.1 Å². The number of rotatable bonds is 6. The standard InChI is InChI=1S/C18H18FN3O5S/c1-10-16-21-14(15(24)18(26)22(16)4-6-27-10)17(25)20-9-11-2-3-12(19)8-13(11)28-7-5-23/h2-3,8,23-24H,1,4-7,9H2,(H,20,25). The number of hydrogen-bond donors (Lipinski definition) is 3. The van der Waals surface area contributed by atoms with E-state index in [4.69, 9.17) is 9.84 Å². The lowest BCUT2D eigenvalue weighted by atomic mass is 10.2. The van der Waals surface area contributed by atoms with Gasteiger partial charge in [0.05, 0.1) is 13.2 Å². The van der Waals surface area contributed by atoms with Crippen LogP contribution >= 0.6 is 11.8 Å². The molecule has 1 aromatic carbocycles. The highest BCUT2D eigenvalue weighted by atomic mass is 32.2. The molecule has 3 N–H and O–H groups in total. The second-order valence-corrected chi connectivity index (χ2v) is 7.00. The molecule has 0 saturated carbocycles. The topological polar surface area (TPSA) is 114 Å². The van der Waals surface area contributed by atoms with Gasteiger partial charge >= 0.3 is 0 Å². The molecule has 0 spiro atoms. The maximum Gasteiger partial charge on any atom is 0.297 e. The lowest BCUT2D eigenvalue weighted by Gasteiger charge is -2.21. The zero-order valence-corrected chi connectivity index (χ0v) is 15.6. The molecule has 0 atom stereocenters. The Morgan fingerprint density at radius 3 is 3.00 bits per heavy atom. The van der Waals surface area contributed by atoms with Crippen LogP contribution in [0.5, 0.6) is 5.75 Å². The van der Waals surface area contributed by atoms with Crippen molar-refractivity contribution in [1.29, 1.82) is 0 Å². The number of hydrogen-bond acceptors (Lipinski definition) is 7. The molecule has 1 amide bonds. The highest BCUT2D eigenvalue weighted by molar-refractivity contribution is 7.99. The van der Waals surface area contributed by atoms with Crippen LogP contribution in [0.25, 0.3) is 5.76 Å². The molecule has 0 saturated heterocycles. The summed E-state index contributed by atoms with van der Waals surface area (Å²) >= 11 is 1.25. The van der Waals surface area contributed by atoms with Crippen molar-refractivity contribution in [1.82, 2.24) is 14.9 Å². The van der Waals surface area contributed by atoms with Crippen LogP contribution in [0.4, 0.5) is 4.39 Å². The van der Waals surface area contributed by atoms with Gasteiger partial charge in [0, 0.05) is 17.2 Å². The highest BCUT2D eigenvalue weighted by Crippen LogP contribution is 2.24. The molecule has 1 aliphatic heterocycles. The molecule has 2 heterocycles. The first-order valence-corrected chi connectivity index (χ1v) is 9.37. The molecule has 0 bridgehead atoms. The number of amides is 1. The van der Waals surface area contributed by atoms with E-state index in [1.807, 2.05) is 0 Å². The summed E-state index contributed by atoms with van der Waals surface area (Å²) < 4.78 is 19.9. The molecule has 1 aromatic heterocycles. The number of ether oxygens (including phenoxy) is 1. The van der Waals surface area contributed by atoms with Crippen molar-refractivity contribution in [2.45, 2.75) is 18.0 Å². The summed E-state index contributed by atoms with van der Waals surface area (Å²) in [6.45, 7) is 4.01. The van der Waals surface area contributed by atoms with Crippen molar-refractivity contribution in [3.05, 3.63) is 58.0 Å². The van der Waals surface area contributed by atoms with Crippen LogP contribution in [-0.4, -0.2) is 44.6 Å². The summed E-state index contributed by atoms with van der Waals surface area (Å²) in [5.74, 6) is -1.37. The average Bonchev–Trinajstić information content (AvgIpc) is 2.68. The fraction of sp³-hybridized carbons (Fsp3) is 0.278. The van der Waals surface area contributed by atoms with E-state index in [1.54, 1.807) is 0 Å². The van der Waals surface area contributed by atoms with Crippen LogP contribution in [-0.2, 0) is 17.8 Å². The van der Waals surface area contributed by atoms with Crippen LogP contribution in [0.1, 0.15) is 21.9 Å². The number of carbonyl (C=O) groups excluding carboxylic acids is 1. The van der Waals surface area contributed by atoms with Gasteiger partial charge in [-0.1, -0.05) is 12.6 Å². The number of nitrogens with zero attached hydrogens (tertiary/aromatic N) is 2. The molecule has 0 unspecified atom stereocenters. The van der Waals surface area contributed by atoms with Crippen molar-refractivity contribution in [2.75, 3.05) is 19.0 Å². The van der Waals surface area contributed by atoms with E-state index >= 15 is 0 Å².